The van der Waals surface area contributed by atoms with Gasteiger partial charge >= 0.3 is 0 Å². The maximum absolute atomic E-state index is 11.8. The van der Waals surface area contributed by atoms with Crippen LogP contribution in [-0.2, 0) is 16.5 Å². The fourth-order valence-electron chi connectivity index (χ4n) is 2.99. The Kier molecular flexibility index (Phi) is 4.49. The van der Waals surface area contributed by atoms with Crippen LogP contribution in [0.5, 0.6) is 0 Å². The topological polar surface area (TPSA) is 72.2 Å². The molecule has 0 aliphatic carbocycles. The van der Waals surface area contributed by atoms with Crippen LogP contribution in [0.3, 0.4) is 0 Å². The van der Waals surface area contributed by atoms with Gasteiger partial charge in [-0.15, -0.1) is 0 Å². The van der Waals surface area contributed by atoms with Gasteiger partial charge in [-0.05, 0) is 56.5 Å². The first-order valence-electron chi connectivity index (χ1n) is 7.93. The highest BCUT2D eigenvalue weighted by Gasteiger charge is 2.19. The van der Waals surface area contributed by atoms with E-state index in [2.05, 4.69) is 11.2 Å². The predicted octanol–water partition coefficient (Wildman–Crippen LogP) is 3.64. The Balaban J connectivity index is 2.12. The quantitative estimate of drug-likeness (QED) is 0.725. The van der Waals surface area contributed by atoms with E-state index in [1.165, 1.54) is 11.6 Å². The molecule has 5 nitrogen and oxygen atoms in total. The van der Waals surface area contributed by atoms with E-state index in [4.69, 9.17) is 0 Å². The molecule has 2 aromatic carbocycles. The summed E-state index contributed by atoms with van der Waals surface area (Å²) in [5.74, 6) is 0. The number of aryl methyl sites for hydroxylation is 3. The molecule has 0 aliphatic heterocycles. The van der Waals surface area contributed by atoms with Gasteiger partial charge in [0.1, 0.15) is 4.90 Å². The second-order valence-corrected chi connectivity index (χ2v) is 7.67. The van der Waals surface area contributed by atoms with Crippen molar-refractivity contribution in [3.8, 4) is 5.69 Å². The molecule has 25 heavy (non-hydrogen) atoms. The predicted molar refractivity (Wildman–Crippen MR) is 96.8 cm³/mol. The first-order valence-corrected chi connectivity index (χ1v) is 9.37. The van der Waals surface area contributed by atoms with Crippen LogP contribution in [0.4, 0.5) is 0 Å². The van der Waals surface area contributed by atoms with Gasteiger partial charge in [0, 0.05) is 5.69 Å². The van der Waals surface area contributed by atoms with E-state index in [9.17, 15) is 13.0 Å². The van der Waals surface area contributed by atoms with Gasteiger partial charge in [-0.25, -0.2) is 4.68 Å². The van der Waals surface area contributed by atoms with Crippen LogP contribution in [0.1, 0.15) is 28.1 Å². The standard InChI is InChI=1S/C19H20N2O3S/c1-13-5-4-6-16(9-13)11-17-7-8-19(25(22,23)24)18(12-17)21-15(3)10-14(2)20-21/h4-10,12H,11H2,1-3H3,(H,22,23,24). The molecule has 0 unspecified atom stereocenters. The SMILES string of the molecule is Cc1cccc(Cc2ccc(S(=O)(=O)O)c(-n3nc(C)cc3C)c2)c1. The lowest BCUT2D eigenvalue weighted by Crippen LogP contribution is -2.09. The largest absolute Gasteiger partial charge is 0.296 e. The summed E-state index contributed by atoms with van der Waals surface area (Å²) < 4.78 is 34.7. The van der Waals surface area contributed by atoms with Crippen LogP contribution in [0.2, 0.25) is 0 Å². The van der Waals surface area contributed by atoms with Gasteiger partial charge < -0.3 is 0 Å². The van der Waals surface area contributed by atoms with Crippen molar-refractivity contribution in [1.82, 2.24) is 9.78 Å². The molecular formula is C19H20N2O3S. The minimum Gasteiger partial charge on any atom is -0.282 e. The molecule has 3 aromatic rings. The Hall–Kier alpha value is -2.44. The Bertz CT molecular complexity index is 1040. The molecule has 0 atom stereocenters. The molecular weight excluding hydrogens is 336 g/mol. The van der Waals surface area contributed by atoms with Crippen LogP contribution < -0.4 is 0 Å². The Morgan fingerprint density at radius 2 is 1.72 bits per heavy atom. The zero-order valence-corrected chi connectivity index (χ0v) is 15.2. The molecule has 6 heteroatoms. The van der Waals surface area contributed by atoms with Crippen molar-refractivity contribution >= 4 is 10.1 Å². The molecule has 0 spiro atoms. The van der Waals surface area contributed by atoms with Gasteiger partial charge in [-0.3, -0.25) is 4.55 Å². The second kappa shape index (κ2) is 6.46. The maximum atomic E-state index is 11.8. The molecule has 0 amide bonds. The highest BCUT2D eigenvalue weighted by Crippen LogP contribution is 2.24. The Morgan fingerprint density at radius 1 is 1.00 bits per heavy atom. The van der Waals surface area contributed by atoms with Crippen LogP contribution in [0.25, 0.3) is 5.69 Å². The monoisotopic (exact) mass is 356 g/mol. The summed E-state index contributed by atoms with van der Waals surface area (Å²) in [6.07, 6.45) is 0.666. The molecule has 3 rings (SSSR count). The van der Waals surface area contributed by atoms with Crippen molar-refractivity contribution in [3.63, 3.8) is 0 Å². The van der Waals surface area contributed by atoms with Crippen molar-refractivity contribution in [2.75, 3.05) is 0 Å². The molecule has 0 saturated heterocycles. The Morgan fingerprint density at radius 3 is 2.32 bits per heavy atom. The van der Waals surface area contributed by atoms with Gasteiger partial charge in [0.05, 0.1) is 11.4 Å². The summed E-state index contributed by atoms with van der Waals surface area (Å²) in [4.78, 5) is -0.147. The van der Waals surface area contributed by atoms with Gasteiger partial charge in [0.25, 0.3) is 10.1 Å². The lowest BCUT2D eigenvalue weighted by Gasteiger charge is -2.12. The zero-order valence-electron chi connectivity index (χ0n) is 14.4. The fourth-order valence-corrected chi connectivity index (χ4v) is 3.64. The number of hydrogen-bond donors (Lipinski definition) is 1. The van der Waals surface area contributed by atoms with E-state index < -0.39 is 10.1 Å². The third-order valence-corrected chi connectivity index (χ3v) is 4.93. The average molecular weight is 356 g/mol. The number of aromatic nitrogens is 2. The first kappa shape index (κ1) is 17.4. The lowest BCUT2D eigenvalue weighted by molar-refractivity contribution is 0.482. The van der Waals surface area contributed by atoms with E-state index in [1.807, 2.05) is 45.0 Å². The third-order valence-electron chi connectivity index (χ3n) is 4.03. The van der Waals surface area contributed by atoms with Gasteiger partial charge in [0.15, 0.2) is 0 Å². The van der Waals surface area contributed by atoms with Gasteiger partial charge in [-0.2, -0.15) is 13.5 Å². The second-order valence-electron chi connectivity index (χ2n) is 6.28. The van der Waals surface area contributed by atoms with Crippen molar-refractivity contribution in [3.05, 3.63) is 76.6 Å². The minimum atomic E-state index is -4.35. The molecule has 0 radical (unpaired) electrons. The first-order chi connectivity index (χ1) is 11.7. The van der Waals surface area contributed by atoms with E-state index in [-0.39, 0.29) is 4.90 Å². The van der Waals surface area contributed by atoms with Crippen LogP contribution in [-0.4, -0.2) is 22.8 Å². The molecule has 0 bridgehead atoms. The molecule has 1 aromatic heterocycles. The number of hydrogen-bond acceptors (Lipinski definition) is 3. The third kappa shape index (κ3) is 3.81. The summed E-state index contributed by atoms with van der Waals surface area (Å²) >= 11 is 0. The average Bonchev–Trinajstić information content (AvgIpc) is 2.84. The maximum Gasteiger partial charge on any atom is 0.296 e. The van der Waals surface area contributed by atoms with Crippen LogP contribution >= 0.6 is 0 Å². The molecule has 0 saturated carbocycles. The zero-order chi connectivity index (χ0) is 18.2. The highest BCUT2D eigenvalue weighted by atomic mass is 32.2. The fraction of sp³-hybridized carbons (Fsp3) is 0.211. The normalized spacial score (nSPS) is 11.7. The molecule has 1 N–H and O–H groups in total. The number of rotatable bonds is 4. The number of nitrogens with zero attached hydrogens (tertiary/aromatic N) is 2. The van der Waals surface area contributed by atoms with Gasteiger partial charge in [0.2, 0.25) is 0 Å². The van der Waals surface area contributed by atoms with Crippen molar-refractivity contribution < 1.29 is 13.0 Å². The van der Waals surface area contributed by atoms with E-state index in [1.54, 1.807) is 16.8 Å². The molecule has 0 fully saturated rings. The smallest absolute Gasteiger partial charge is 0.282 e. The summed E-state index contributed by atoms with van der Waals surface area (Å²) in [7, 11) is -4.35. The summed E-state index contributed by atoms with van der Waals surface area (Å²) in [6.45, 7) is 5.72. The lowest BCUT2D eigenvalue weighted by atomic mass is 10.0. The molecule has 0 aliphatic rings. The van der Waals surface area contributed by atoms with Crippen molar-refractivity contribution in [1.29, 1.82) is 0 Å². The highest BCUT2D eigenvalue weighted by molar-refractivity contribution is 7.86. The number of benzene rings is 2. The van der Waals surface area contributed by atoms with Gasteiger partial charge in [-0.1, -0.05) is 35.9 Å². The minimum absolute atomic E-state index is 0.147. The van der Waals surface area contributed by atoms with E-state index >= 15 is 0 Å². The summed E-state index contributed by atoms with van der Waals surface area (Å²) in [6, 6.07) is 15.0. The Labute approximate surface area is 147 Å². The summed E-state index contributed by atoms with van der Waals surface area (Å²) in [5.41, 5.74) is 5.20. The van der Waals surface area contributed by atoms with Crippen molar-refractivity contribution in [2.45, 2.75) is 32.1 Å². The van der Waals surface area contributed by atoms with Crippen LogP contribution in [0.15, 0.2) is 53.4 Å². The van der Waals surface area contributed by atoms with E-state index in [0.29, 0.717) is 12.1 Å². The molecule has 130 valence electrons. The van der Waals surface area contributed by atoms with E-state index in [0.717, 1.165) is 22.5 Å². The van der Waals surface area contributed by atoms with Crippen molar-refractivity contribution in [2.24, 2.45) is 0 Å². The molecule has 1 heterocycles. The van der Waals surface area contributed by atoms with Crippen LogP contribution in [0, 0.1) is 20.8 Å². The summed E-state index contributed by atoms with van der Waals surface area (Å²) in [5, 5.41) is 4.36.